The Balaban J connectivity index is 4.10. The fourth-order valence-electron chi connectivity index (χ4n) is 0.719. The minimum atomic E-state index is -4.64. The van der Waals surface area contributed by atoms with Crippen molar-refractivity contribution >= 4 is 12.1 Å². The summed E-state index contributed by atoms with van der Waals surface area (Å²) >= 11 is 0. The Hall–Kier alpha value is -1.73. The molecule has 92 valence electrons. The Morgan fingerprint density at radius 1 is 1.50 bits per heavy atom. The van der Waals surface area contributed by atoms with Crippen LogP contribution < -0.4 is 5.32 Å². The van der Waals surface area contributed by atoms with E-state index in [2.05, 4.69) is 11.3 Å². The third-order valence-electron chi connectivity index (χ3n) is 1.36. The van der Waals surface area contributed by atoms with Gasteiger partial charge in [0.1, 0.15) is 6.04 Å². The van der Waals surface area contributed by atoms with Crippen molar-refractivity contribution in [3.8, 4) is 0 Å². The van der Waals surface area contributed by atoms with Crippen LogP contribution in [-0.4, -0.2) is 36.0 Å². The van der Waals surface area contributed by atoms with Gasteiger partial charge < -0.3 is 15.2 Å². The number of carbonyl (C=O) groups is 2. The number of rotatable bonds is 5. The van der Waals surface area contributed by atoms with Crippen LogP contribution in [0.15, 0.2) is 12.7 Å². The fraction of sp³-hybridized carbons (Fsp3) is 0.500. The van der Waals surface area contributed by atoms with Gasteiger partial charge in [0.05, 0.1) is 0 Å². The van der Waals surface area contributed by atoms with Crippen molar-refractivity contribution in [2.24, 2.45) is 0 Å². The Kier molecular flexibility index (Phi) is 5.34. The summed E-state index contributed by atoms with van der Waals surface area (Å²) in [5.41, 5.74) is 0. The maximum Gasteiger partial charge on any atom is 0.422 e. The molecule has 0 radical (unpaired) electrons. The van der Waals surface area contributed by atoms with E-state index in [0.29, 0.717) is 0 Å². The molecule has 0 saturated carbocycles. The van der Waals surface area contributed by atoms with Gasteiger partial charge in [-0.05, 0) is 6.42 Å². The molecule has 5 nitrogen and oxygen atoms in total. The van der Waals surface area contributed by atoms with E-state index in [1.807, 2.05) is 0 Å². The van der Waals surface area contributed by atoms with E-state index in [-0.39, 0.29) is 6.42 Å². The molecule has 8 heteroatoms. The second kappa shape index (κ2) is 5.99. The number of hydrogen-bond donors (Lipinski definition) is 2. The molecule has 0 aromatic carbocycles. The van der Waals surface area contributed by atoms with Crippen molar-refractivity contribution in [1.29, 1.82) is 0 Å². The highest BCUT2D eigenvalue weighted by molar-refractivity contribution is 5.80. The van der Waals surface area contributed by atoms with Gasteiger partial charge in [0.2, 0.25) is 0 Å². The maximum absolute atomic E-state index is 11.6. The summed E-state index contributed by atoms with van der Waals surface area (Å²) < 4.78 is 38.6. The van der Waals surface area contributed by atoms with Gasteiger partial charge in [-0.15, -0.1) is 6.58 Å². The van der Waals surface area contributed by atoms with Gasteiger partial charge in [-0.3, -0.25) is 0 Å². The lowest BCUT2D eigenvalue weighted by atomic mass is 10.2. The van der Waals surface area contributed by atoms with Gasteiger partial charge in [0.25, 0.3) is 0 Å². The van der Waals surface area contributed by atoms with Gasteiger partial charge in [0, 0.05) is 0 Å². The summed E-state index contributed by atoms with van der Waals surface area (Å²) in [7, 11) is 0. The van der Waals surface area contributed by atoms with Crippen LogP contribution in [0.1, 0.15) is 6.42 Å². The van der Waals surface area contributed by atoms with Crippen LogP contribution in [-0.2, 0) is 9.53 Å². The summed E-state index contributed by atoms with van der Waals surface area (Å²) in [4.78, 5) is 21.2. The minimum Gasteiger partial charge on any atom is -0.480 e. The Labute approximate surface area is 88.9 Å². The number of nitrogens with one attached hydrogen (secondary N) is 1. The van der Waals surface area contributed by atoms with Gasteiger partial charge in [-0.1, -0.05) is 6.08 Å². The van der Waals surface area contributed by atoms with Crippen molar-refractivity contribution in [3.05, 3.63) is 12.7 Å². The molecule has 0 aliphatic carbocycles. The molecule has 16 heavy (non-hydrogen) atoms. The molecule has 0 saturated heterocycles. The highest BCUT2D eigenvalue weighted by atomic mass is 19.4. The second-order valence-corrected chi connectivity index (χ2v) is 2.75. The van der Waals surface area contributed by atoms with E-state index in [0.717, 1.165) is 0 Å². The average molecular weight is 241 g/mol. The summed E-state index contributed by atoms with van der Waals surface area (Å²) in [6, 6.07) is -1.35. The summed E-state index contributed by atoms with van der Waals surface area (Å²) in [5, 5.41) is 10.3. The van der Waals surface area contributed by atoms with E-state index in [1.54, 1.807) is 5.32 Å². The average Bonchev–Trinajstić information content (AvgIpc) is 2.13. The first-order chi connectivity index (χ1) is 7.26. The number of halogens is 3. The lowest BCUT2D eigenvalue weighted by molar-refractivity contribution is -0.160. The number of hydrogen-bond acceptors (Lipinski definition) is 3. The van der Waals surface area contributed by atoms with Crippen LogP contribution in [0, 0.1) is 0 Å². The highest BCUT2D eigenvalue weighted by Crippen LogP contribution is 2.14. The number of aliphatic carboxylic acids is 1. The predicted octanol–water partition coefficient (Wildman–Crippen LogP) is 1.30. The van der Waals surface area contributed by atoms with Crippen LogP contribution in [0.4, 0.5) is 18.0 Å². The fourth-order valence-corrected chi connectivity index (χ4v) is 0.719. The number of ether oxygens (including phenoxy) is 1. The normalized spacial score (nSPS) is 12.7. The zero-order chi connectivity index (χ0) is 12.8. The van der Waals surface area contributed by atoms with Crippen LogP contribution in [0.2, 0.25) is 0 Å². The topological polar surface area (TPSA) is 75.6 Å². The molecule has 0 rings (SSSR count). The molecule has 1 atom stereocenters. The monoisotopic (exact) mass is 241 g/mol. The predicted molar refractivity (Wildman–Crippen MR) is 46.8 cm³/mol. The molecule has 0 aromatic rings. The number of amides is 1. The molecular weight excluding hydrogens is 231 g/mol. The smallest absolute Gasteiger partial charge is 0.422 e. The number of carboxylic acid groups (broad SMARTS) is 1. The molecule has 0 aliphatic heterocycles. The lowest BCUT2D eigenvalue weighted by Crippen LogP contribution is -2.41. The van der Waals surface area contributed by atoms with E-state index in [4.69, 9.17) is 5.11 Å². The van der Waals surface area contributed by atoms with Gasteiger partial charge in [-0.25, -0.2) is 9.59 Å². The van der Waals surface area contributed by atoms with Crippen molar-refractivity contribution in [1.82, 2.24) is 5.32 Å². The van der Waals surface area contributed by atoms with Crippen molar-refractivity contribution in [2.45, 2.75) is 18.6 Å². The third kappa shape index (κ3) is 6.68. The van der Waals surface area contributed by atoms with Crippen LogP contribution >= 0.6 is 0 Å². The maximum atomic E-state index is 11.6. The number of carboxylic acids is 1. The molecule has 1 unspecified atom stereocenters. The summed E-state index contributed by atoms with van der Waals surface area (Å²) in [6.07, 6.45) is -4.99. The largest absolute Gasteiger partial charge is 0.480 e. The molecule has 1 amide bonds. The van der Waals surface area contributed by atoms with Gasteiger partial charge in [0.15, 0.2) is 6.61 Å². The quantitative estimate of drug-likeness (QED) is 0.711. The zero-order valence-electron chi connectivity index (χ0n) is 8.08. The second-order valence-electron chi connectivity index (χ2n) is 2.75. The van der Waals surface area contributed by atoms with Crippen molar-refractivity contribution < 1.29 is 32.6 Å². The molecule has 0 fully saturated rings. The first kappa shape index (κ1) is 14.3. The highest BCUT2D eigenvalue weighted by Gasteiger charge is 2.30. The van der Waals surface area contributed by atoms with Gasteiger partial charge in [-0.2, -0.15) is 13.2 Å². The molecule has 0 spiro atoms. The molecule has 0 bridgehead atoms. The SMILES string of the molecule is C=CCC(NC(=O)OCC(F)(F)F)C(=O)O. The Morgan fingerprint density at radius 3 is 2.44 bits per heavy atom. The van der Waals surface area contributed by atoms with E-state index in [1.165, 1.54) is 6.08 Å². The number of carbonyl (C=O) groups excluding carboxylic acids is 1. The van der Waals surface area contributed by atoms with E-state index >= 15 is 0 Å². The first-order valence-corrected chi connectivity index (χ1v) is 4.10. The number of alkyl halides is 3. The third-order valence-corrected chi connectivity index (χ3v) is 1.36. The number of alkyl carbamates (subject to hydrolysis) is 1. The van der Waals surface area contributed by atoms with Crippen LogP contribution in [0.25, 0.3) is 0 Å². The molecule has 0 aliphatic rings. The van der Waals surface area contributed by atoms with Gasteiger partial charge >= 0.3 is 18.2 Å². The van der Waals surface area contributed by atoms with E-state index < -0.39 is 30.9 Å². The Bertz CT molecular complexity index is 277. The van der Waals surface area contributed by atoms with Crippen molar-refractivity contribution in [2.75, 3.05) is 6.61 Å². The Morgan fingerprint density at radius 2 is 2.06 bits per heavy atom. The molecular formula is C8H10F3NO4. The summed E-state index contributed by atoms with van der Waals surface area (Å²) in [6.45, 7) is 1.48. The lowest BCUT2D eigenvalue weighted by Gasteiger charge is -2.13. The molecule has 0 aromatic heterocycles. The minimum absolute atomic E-state index is 0.115. The molecule has 0 heterocycles. The summed E-state index contributed by atoms with van der Waals surface area (Å²) in [5.74, 6) is -1.39. The van der Waals surface area contributed by atoms with Crippen molar-refractivity contribution in [3.63, 3.8) is 0 Å². The van der Waals surface area contributed by atoms with E-state index in [9.17, 15) is 22.8 Å². The first-order valence-electron chi connectivity index (χ1n) is 4.10. The standard InChI is InChI=1S/C8H10F3NO4/c1-2-3-5(6(13)14)12-7(15)16-4-8(9,10)11/h2,5H,1,3-4H2,(H,12,15)(H,13,14). The van der Waals surface area contributed by atoms with Crippen LogP contribution in [0.5, 0.6) is 0 Å². The zero-order valence-corrected chi connectivity index (χ0v) is 8.08. The van der Waals surface area contributed by atoms with Crippen LogP contribution in [0.3, 0.4) is 0 Å². The molecule has 2 N–H and O–H groups in total.